The minimum Gasteiger partial charge on any atom is -0.326 e. The predicted molar refractivity (Wildman–Crippen MR) is 82.4 cm³/mol. The number of aromatic nitrogens is 1. The number of carbonyl (C=O) groups excluding carboxylic acids is 1. The summed E-state index contributed by atoms with van der Waals surface area (Å²) in [6.07, 6.45) is 1.73. The number of pyridine rings is 1. The molecule has 0 saturated heterocycles. The maximum atomic E-state index is 10.9. The second-order valence-corrected chi connectivity index (χ2v) is 5.24. The second kappa shape index (κ2) is 6.93. The quantitative estimate of drug-likeness (QED) is 0.448. The van der Waals surface area contributed by atoms with Crippen LogP contribution in [0, 0.1) is 0 Å². The summed E-state index contributed by atoms with van der Waals surface area (Å²) in [4.78, 5) is 16.1. The van der Waals surface area contributed by atoms with Crippen LogP contribution in [0.2, 0.25) is 0 Å². The zero-order chi connectivity index (χ0) is 14.4. The van der Waals surface area contributed by atoms with Crippen LogP contribution in [-0.2, 0) is 10.5 Å². The summed E-state index contributed by atoms with van der Waals surface area (Å²) in [7, 11) is 0. The van der Waals surface area contributed by atoms with Gasteiger partial charge in [0.1, 0.15) is 5.82 Å². The van der Waals surface area contributed by atoms with Crippen LogP contribution in [0.25, 0.3) is 0 Å². The molecule has 0 radical (unpaired) electrons. The van der Waals surface area contributed by atoms with E-state index in [0.717, 1.165) is 21.9 Å². The van der Waals surface area contributed by atoms with Crippen LogP contribution in [0.3, 0.4) is 0 Å². The van der Waals surface area contributed by atoms with E-state index in [-0.39, 0.29) is 5.91 Å². The van der Waals surface area contributed by atoms with E-state index in [2.05, 4.69) is 15.7 Å². The topological polar surface area (TPSA) is 80.0 Å². The molecule has 0 atom stereocenters. The Morgan fingerprint density at radius 2 is 2.05 bits per heavy atom. The fourth-order valence-electron chi connectivity index (χ4n) is 1.65. The van der Waals surface area contributed by atoms with Gasteiger partial charge in [-0.25, -0.2) is 10.8 Å². The molecular formula is C14H16N4OS. The lowest BCUT2D eigenvalue weighted by Crippen LogP contribution is -2.08. The van der Waals surface area contributed by atoms with E-state index in [0.29, 0.717) is 5.82 Å². The molecule has 0 aliphatic rings. The van der Waals surface area contributed by atoms with Crippen molar-refractivity contribution in [2.45, 2.75) is 17.6 Å². The van der Waals surface area contributed by atoms with Crippen molar-refractivity contribution in [1.29, 1.82) is 0 Å². The number of hydrazine groups is 1. The van der Waals surface area contributed by atoms with Crippen molar-refractivity contribution >= 4 is 29.2 Å². The maximum Gasteiger partial charge on any atom is 0.221 e. The highest BCUT2D eigenvalue weighted by Gasteiger charge is 2.00. The highest BCUT2D eigenvalue weighted by Crippen LogP contribution is 2.24. The number of thioether (sulfide) groups is 1. The van der Waals surface area contributed by atoms with Gasteiger partial charge in [-0.2, -0.15) is 0 Å². The number of nitrogens with zero attached hydrogens (tertiary/aromatic N) is 1. The summed E-state index contributed by atoms with van der Waals surface area (Å²) in [5, 5.41) is 2.74. The fraction of sp³-hybridized carbons (Fsp3) is 0.143. The summed E-state index contributed by atoms with van der Waals surface area (Å²) >= 11 is 1.71. The molecule has 20 heavy (non-hydrogen) atoms. The number of nitrogens with two attached hydrogens (primary N) is 1. The molecule has 0 unspecified atom stereocenters. The van der Waals surface area contributed by atoms with Crippen molar-refractivity contribution < 1.29 is 4.79 Å². The van der Waals surface area contributed by atoms with Gasteiger partial charge in [-0.15, -0.1) is 11.8 Å². The Kier molecular flexibility index (Phi) is 4.97. The molecule has 0 aliphatic heterocycles. The molecular weight excluding hydrogens is 272 g/mol. The summed E-state index contributed by atoms with van der Waals surface area (Å²) in [5.74, 6) is 6.75. The lowest BCUT2D eigenvalue weighted by atomic mass is 10.3. The van der Waals surface area contributed by atoms with Crippen molar-refractivity contribution in [3.05, 3.63) is 48.2 Å². The molecule has 0 bridgehead atoms. The Morgan fingerprint density at radius 1 is 1.30 bits per heavy atom. The van der Waals surface area contributed by atoms with Crippen molar-refractivity contribution in [2.75, 3.05) is 10.7 Å². The van der Waals surface area contributed by atoms with Crippen LogP contribution in [-0.4, -0.2) is 10.9 Å². The van der Waals surface area contributed by atoms with E-state index in [1.807, 2.05) is 36.4 Å². The van der Waals surface area contributed by atoms with Gasteiger partial charge in [-0.3, -0.25) is 4.79 Å². The molecule has 5 nitrogen and oxygen atoms in total. The second-order valence-electron chi connectivity index (χ2n) is 4.19. The number of nitrogen functional groups attached to an aromatic ring is 1. The van der Waals surface area contributed by atoms with E-state index in [9.17, 15) is 4.79 Å². The molecule has 0 spiro atoms. The van der Waals surface area contributed by atoms with Crippen LogP contribution < -0.4 is 16.6 Å². The maximum absolute atomic E-state index is 10.9. The summed E-state index contributed by atoms with van der Waals surface area (Å²) < 4.78 is 0. The Balaban J connectivity index is 1.94. The molecule has 1 heterocycles. The first-order chi connectivity index (χ1) is 9.67. The van der Waals surface area contributed by atoms with Gasteiger partial charge in [0.05, 0.1) is 0 Å². The van der Waals surface area contributed by atoms with Crippen molar-refractivity contribution in [1.82, 2.24) is 4.98 Å². The van der Waals surface area contributed by atoms with Crippen LogP contribution >= 0.6 is 11.8 Å². The molecule has 2 rings (SSSR count). The minimum atomic E-state index is -0.0657. The Morgan fingerprint density at radius 3 is 2.70 bits per heavy atom. The zero-order valence-corrected chi connectivity index (χ0v) is 11.9. The van der Waals surface area contributed by atoms with E-state index >= 15 is 0 Å². The first-order valence-electron chi connectivity index (χ1n) is 6.09. The molecule has 0 fully saturated rings. The van der Waals surface area contributed by atoms with Gasteiger partial charge in [0.2, 0.25) is 5.91 Å². The number of anilines is 2. The molecule has 6 heteroatoms. The molecule has 1 amide bonds. The monoisotopic (exact) mass is 288 g/mol. The number of rotatable bonds is 5. The number of amides is 1. The third kappa shape index (κ3) is 4.25. The van der Waals surface area contributed by atoms with Gasteiger partial charge in [0, 0.05) is 29.5 Å². The highest BCUT2D eigenvalue weighted by atomic mass is 32.2. The third-order valence-electron chi connectivity index (χ3n) is 2.55. The van der Waals surface area contributed by atoms with Crippen LogP contribution in [0.5, 0.6) is 0 Å². The molecule has 0 saturated carbocycles. The van der Waals surface area contributed by atoms with Crippen molar-refractivity contribution in [2.24, 2.45) is 5.84 Å². The first kappa shape index (κ1) is 14.4. The average Bonchev–Trinajstić information content (AvgIpc) is 2.46. The van der Waals surface area contributed by atoms with E-state index < -0.39 is 0 Å². The number of hydrogen-bond acceptors (Lipinski definition) is 5. The Labute approximate surface area is 121 Å². The van der Waals surface area contributed by atoms with Crippen LogP contribution in [0.1, 0.15) is 12.5 Å². The SMILES string of the molecule is CC(=O)Nc1ccc(SCc2ccnc(NN)c2)cc1. The Hall–Kier alpha value is -2.05. The first-order valence-corrected chi connectivity index (χ1v) is 7.08. The van der Waals surface area contributed by atoms with Gasteiger partial charge < -0.3 is 10.7 Å². The van der Waals surface area contributed by atoms with E-state index in [1.54, 1.807) is 18.0 Å². The smallest absolute Gasteiger partial charge is 0.221 e. The van der Waals surface area contributed by atoms with Gasteiger partial charge in [-0.05, 0) is 42.0 Å². The van der Waals surface area contributed by atoms with E-state index in [1.165, 1.54) is 6.92 Å². The van der Waals surface area contributed by atoms with Gasteiger partial charge in [0.15, 0.2) is 0 Å². The largest absolute Gasteiger partial charge is 0.326 e. The zero-order valence-electron chi connectivity index (χ0n) is 11.1. The molecule has 2 aromatic rings. The summed E-state index contributed by atoms with van der Waals surface area (Å²) in [6, 6.07) is 11.6. The van der Waals surface area contributed by atoms with Gasteiger partial charge >= 0.3 is 0 Å². The lowest BCUT2D eigenvalue weighted by molar-refractivity contribution is -0.114. The normalized spacial score (nSPS) is 10.1. The van der Waals surface area contributed by atoms with Crippen molar-refractivity contribution in [3.8, 4) is 0 Å². The van der Waals surface area contributed by atoms with Crippen LogP contribution in [0.15, 0.2) is 47.5 Å². The van der Waals surface area contributed by atoms with Gasteiger partial charge in [-0.1, -0.05) is 0 Å². The Bertz CT molecular complexity index is 586. The minimum absolute atomic E-state index is 0.0657. The molecule has 1 aromatic heterocycles. The average molecular weight is 288 g/mol. The standard InChI is InChI=1S/C14H16N4OS/c1-10(19)17-12-2-4-13(5-3-12)20-9-11-6-7-16-14(8-11)18-15/h2-8H,9,15H2,1H3,(H,16,18)(H,17,19). The van der Waals surface area contributed by atoms with Crippen molar-refractivity contribution in [3.63, 3.8) is 0 Å². The highest BCUT2D eigenvalue weighted by molar-refractivity contribution is 7.98. The van der Waals surface area contributed by atoms with Crippen LogP contribution in [0.4, 0.5) is 11.5 Å². The number of nitrogens with one attached hydrogen (secondary N) is 2. The molecule has 1 aromatic carbocycles. The van der Waals surface area contributed by atoms with E-state index in [4.69, 9.17) is 5.84 Å². The predicted octanol–water partition coefficient (Wildman–Crippen LogP) is 2.62. The summed E-state index contributed by atoms with van der Waals surface area (Å²) in [5.41, 5.74) is 4.48. The number of carbonyl (C=O) groups is 1. The molecule has 4 N–H and O–H groups in total. The van der Waals surface area contributed by atoms with Gasteiger partial charge in [0.25, 0.3) is 0 Å². The number of benzene rings is 1. The number of hydrogen-bond donors (Lipinski definition) is 3. The molecule has 0 aliphatic carbocycles. The fourth-order valence-corrected chi connectivity index (χ4v) is 2.49. The third-order valence-corrected chi connectivity index (χ3v) is 3.64. The molecule has 104 valence electrons. The lowest BCUT2D eigenvalue weighted by Gasteiger charge is -2.06. The summed E-state index contributed by atoms with van der Waals surface area (Å²) in [6.45, 7) is 1.50.